The number of hydrogen-bond acceptors (Lipinski definition) is 4. The van der Waals surface area contributed by atoms with Crippen LogP contribution in [0.2, 0.25) is 0 Å². The summed E-state index contributed by atoms with van der Waals surface area (Å²) in [4.78, 5) is 23.4. The number of amides is 2. The van der Waals surface area contributed by atoms with Gasteiger partial charge >= 0.3 is 0 Å². The van der Waals surface area contributed by atoms with Crippen LogP contribution in [0.3, 0.4) is 0 Å². The highest BCUT2D eigenvalue weighted by Gasteiger charge is 2.17. The minimum absolute atomic E-state index is 0.0321. The highest BCUT2D eigenvalue weighted by molar-refractivity contribution is 5.87. The van der Waals surface area contributed by atoms with Gasteiger partial charge in [-0.3, -0.25) is 9.59 Å². The quantitative estimate of drug-likeness (QED) is 0.670. The number of carbonyl (C=O) groups excluding carboxylic acids is 2. The van der Waals surface area contributed by atoms with Crippen LogP contribution >= 0.6 is 0 Å². The third-order valence-corrected chi connectivity index (χ3v) is 3.23. The van der Waals surface area contributed by atoms with E-state index >= 15 is 0 Å². The molecule has 128 valence electrons. The van der Waals surface area contributed by atoms with E-state index in [4.69, 9.17) is 10.5 Å². The minimum atomic E-state index is -0.601. The maximum Gasteiger partial charge on any atom is 0.239 e. The van der Waals surface area contributed by atoms with Crippen molar-refractivity contribution in [2.24, 2.45) is 11.7 Å². The van der Waals surface area contributed by atoms with Crippen molar-refractivity contribution in [1.82, 2.24) is 10.6 Å². The summed E-state index contributed by atoms with van der Waals surface area (Å²) in [7, 11) is 0. The standard InChI is InChI=1S/C17H27N3O3/c1-11(2)16(18)17(22)20-10-15(21)19-9-13-5-7-14(8-6-13)23-12(3)4/h5-8,11-12,16H,9-10,18H2,1-4H3,(H,19,21)(H,20,22)/t16-/m0/s1. The van der Waals surface area contributed by atoms with Crippen LogP contribution in [0.1, 0.15) is 33.3 Å². The number of rotatable bonds is 8. The summed E-state index contributed by atoms with van der Waals surface area (Å²) in [5.74, 6) is 0.261. The van der Waals surface area contributed by atoms with Crippen LogP contribution in [0.25, 0.3) is 0 Å². The zero-order valence-corrected chi connectivity index (χ0v) is 14.3. The van der Waals surface area contributed by atoms with Crippen molar-refractivity contribution in [3.63, 3.8) is 0 Å². The molecule has 6 heteroatoms. The molecule has 0 aliphatic heterocycles. The van der Waals surface area contributed by atoms with Crippen molar-refractivity contribution >= 4 is 11.8 Å². The molecule has 1 atom stereocenters. The molecular formula is C17H27N3O3. The maximum absolute atomic E-state index is 11.7. The predicted molar refractivity (Wildman–Crippen MR) is 89.9 cm³/mol. The predicted octanol–water partition coefficient (Wildman–Crippen LogP) is 1.19. The monoisotopic (exact) mass is 321 g/mol. The largest absolute Gasteiger partial charge is 0.491 e. The van der Waals surface area contributed by atoms with E-state index in [1.807, 2.05) is 52.0 Å². The Hall–Kier alpha value is -2.08. The van der Waals surface area contributed by atoms with E-state index in [2.05, 4.69) is 10.6 Å². The van der Waals surface area contributed by atoms with Crippen LogP contribution in [0.15, 0.2) is 24.3 Å². The van der Waals surface area contributed by atoms with Crippen molar-refractivity contribution in [3.05, 3.63) is 29.8 Å². The molecule has 0 aromatic heterocycles. The molecular weight excluding hydrogens is 294 g/mol. The van der Waals surface area contributed by atoms with Gasteiger partial charge in [-0.25, -0.2) is 0 Å². The molecule has 0 heterocycles. The zero-order chi connectivity index (χ0) is 17.4. The Kier molecular flexibility index (Phi) is 7.54. The fourth-order valence-corrected chi connectivity index (χ4v) is 1.81. The molecule has 0 radical (unpaired) electrons. The van der Waals surface area contributed by atoms with E-state index in [9.17, 15) is 9.59 Å². The highest BCUT2D eigenvalue weighted by Crippen LogP contribution is 2.13. The third kappa shape index (κ3) is 7.15. The summed E-state index contributed by atoms with van der Waals surface area (Å²) in [6.07, 6.45) is 0.126. The fourth-order valence-electron chi connectivity index (χ4n) is 1.81. The molecule has 0 spiro atoms. The molecule has 2 amide bonds. The lowest BCUT2D eigenvalue weighted by Crippen LogP contribution is -2.47. The van der Waals surface area contributed by atoms with Gasteiger partial charge in [-0.05, 0) is 37.5 Å². The van der Waals surface area contributed by atoms with Gasteiger partial charge in [0.05, 0.1) is 18.7 Å². The van der Waals surface area contributed by atoms with E-state index in [1.165, 1.54) is 0 Å². The smallest absolute Gasteiger partial charge is 0.239 e. The molecule has 0 bridgehead atoms. The van der Waals surface area contributed by atoms with Crippen LogP contribution in [-0.2, 0) is 16.1 Å². The lowest BCUT2D eigenvalue weighted by Gasteiger charge is -2.15. The number of nitrogens with two attached hydrogens (primary N) is 1. The zero-order valence-electron chi connectivity index (χ0n) is 14.3. The summed E-state index contributed by atoms with van der Waals surface area (Å²) < 4.78 is 5.55. The highest BCUT2D eigenvalue weighted by atomic mass is 16.5. The van der Waals surface area contributed by atoms with Gasteiger partial charge in [0.15, 0.2) is 0 Å². The molecule has 0 saturated carbocycles. The van der Waals surface area contributed by atoms with Gasteiger partial charge in [-0.2, -0.15) is 0 Å². The first kappa shape index (κ1) is 19.0. The molecule has 23 heavy (non-hydrogen) atoms. The Morgan fingerprint density at radius 2 is 1.70 bits per heavy atom. The molecule has 1 aromatic rings. The van der Waals surface area contributed by atoms with Gasteiger partial charge in [0.25, 0.3) is 0 Å². The van der Waals surface area contributed by atoms with Gasteiger partial charge in [0, 0.05) is 6.54 Å². The van der Waals surface area contributed by atoms with Crippen molar-refractivity contribution in [1.29, 1.82) is 0 Å². The number of nitrogens with one attached hydrogen (secondary N) is 2. The maximum atomic E-state index is 11.7. The van der Waals surface area contributed by atoms with Gasteiger partial charge in [0.2, 0.25) is 11.8 Å². The average molecular weight is 321 g/mol. The number of benzene rings is 1. The van der Waals surface area contributed by atoms with E-state index in [-0.39, 0.29) is 30.4 Å². The van der Waals surface area contributed by atoms with Crippen molar-refractivity contribution in [2.75, 3.05) is 6.54 Å². The van der Waals surface area contributed by atoms with E-state index in [1.54, 1.807) is 0 Å². The van der Waals surface area contributed by atoms with Crippen LogP contribution in [-0.4, -0.2) is 30.5 Å². The molecule has 0 aliphatic rings. The molecule has 0 unspecified atom stereocenters. The SMILES string of the molecule is CC(C)Oc1ccc(CNC(=O)CNC(=O)[C@@H](N)C(C)C)cc1. The Labute approximate surface area is 137 Å². The van der Waals surface area contributed by atoms with Crippen molar-refractivity contribution in [2.45, 2.75) is 46.4 Å². The molecule has 0 aliphatic carbocycles. The van der Waals surface area contributed by atoms with Crippen LogP contribution in [0.4, 0.5) is 0 Å². The van der Waals surface area contributed by atoms with Gasteiger partial charge < -0.3 is 21.1 Å². The minimum Gasteiger partial charge on any atom is -0.491 e. The number of ether oxygens (including phenoxy) is 1. The first-order chi connectivity index (χ1) is 10.8. The molecule has 0 fully saturated rings. The van der Waals surface area contributed by atoms with Crippen LogP contribution in [0.5, 0.6) is 5.75 Å². The van der Waals surface area contributed by atoms with Gasteiger partial charge in [0.1, 0.15) is 5.75 Å². The first-order valence-corrected chi connectivity index (χ1v) is 7.85. The van der Waals surface area contributed by atoms with Crippen molar-refractivity contribution in [3.8, 4) is 5.75 Å². The Balaban J connectivity index is 2.34. The summed E-state index contributed by atoms with van der Waals surface area (Å²) in [5.41, 5.74) is 6.66. The molecule has 4 N–H and O–H groups in total. The fraction of sp³-hybridized carbons (Fsp3) is 0.529. The van der Waals surface area contributed by atoms with Gasteiger partial charge in [-0.1, -0.05) is 26.0 Å². The second-order valence-corrected chi connectivity index (χ2v) is 6.07. The summed E-state index contributed by atoms with van der Waals surface area (Å²) in [6, 6.07) is 6.92. The Bertz CT molecular complexity index is 512. The van der Waals surface area contributed by atoms with E-state index in [0.717, 1.165) is 11.3 Å². The first-order valence-electron chi connectivity index (χ1n) is 7.85. The summed E-state index contributed by atoms with van der Waals surface area (Å²) in [5, 5.41) is 5.28. The lowest BCUT2D eigenvalue weighted by molar-refractivity contribution is -0.127. The topological polar surface area (TPSA) is 93.5 Å². The number of carbonyl (C=O) groups is 2. The van der Waals surface area contributed by atoms with Crippen molar-refractivity contribution < 1.29 is 14.3 Å². The average Bonchev–Trinajstić information content (AvgIpc) is 2.50. The molecule has 1 rings (SSSR count). The van der Waals surface area contributed by atoms with Crippen LogP contribution in [0, 0.1) is 5.92 Å². The third-order valence-electron chi connectivity index (χ3n) is 3.23. The van der Waals surface area contributed by atoms with E-state index < -0.39 is 6.04 Å². The lowest BCUT2D eigenvalue weighted by atomic mass is 10.1. The number of hydrogen-bond donors (Lipinski definition) is 3. The summed E-state index contributed by atoms with van der Waals surface area (Å²) >= 11 is 0. The second-order valence-electron chi connectivity index (χ2n) is 6.07. The van der Waals surface area contributed by atoms with Crippen LogP contribution < -0.4 is 21.1 Å². The molecule has 6 nitrogen and oxygen atoms in total. The Morgan fingerprint density at radius 1 is 1.09 bits per heavy atom. The second kappa shape index (κ2) is 9.15. The van der Waals surface area contributed by atoms with E-state index in [0.29, 0.717) is 6.54 Å². The van der Waals surface area contributed by atoms with Gasteiger partial charge in [-0.15, -0.1) is 0 Å². The molecule has 0 saturated heterocycles. The molecule has 1 aromatic carbocycles. The Morgan fingerprint density at radius 3 is 2.22 bits per heavy atom. The summed E-state index contributed by atoms with van der Waals surface area (Å²) in [6.45, 7) is 7.97. The normalized spacial score (nSPS) is 12.1.